The Labute approximate surface area is 153 Å². The third-order valence-corrected chi connectivity index (χ3v) is 5.16. The number of amides is 2. The molecule has 2 heterocycles. The monoisotopic (exact) mass is 349 g/mol. The van der Waals surface area contributed by atoms with E-state index in [0.717, 1.165) is 17.8 Å². The first-order valence-electron chi connectivity index (χ1n) is 9.24. The summed E-state index contributed by atoms with van der Waals surface area (Å²) in [5, 5.41) is 3.12. The van der Waals surface area contributed by atoms with Crippen LogP contribution in [-0.4, -0.2) is 34.8 Å². The molecule has 0 bridgehead atoms. The lowest BCUT2D eigenvalue weighted by atomic mass is 10.0. The van der Waals surface area contributed by atoms with Gasteiger partial charge in [-0.25, -0.2) is 0 Å². The van der Waals surface area contributed by atoms with Crippen LogP contribution in [0.4, 0.5) is 0 Å². The molecule has 0 spiro atoms. The van der Waals surface area contributed by atoms with Crippen molar-refractivity contribution >= 4 is 11.8 Å². The van der Waals surface area contributed by atoms with E-state index >= 15 is 0 Å². The fourth-order valence-electron chi connectivity index (χ4n) is 3.52. The first kappa shape index (κ1) is 16.8. The summed E-state index contributed by atoms with van der Waals surface area (Å²) in [6, 6.07) is 15.2. The predicted molar refractivity (Wildman–Crippen MR) is 98.1 cm³/mol. The van der Waals surface area contributed by atoms with Crippen LogP contribution < -0.4 is 5.32 Å². The van der Waals surface area contributed by atoms with Crippen LogP contribution in [0.5, 0.6) is 0 Å². The van der Waals surface area contributed by atoms with Gasteiger partial charge in [0, 0.05) is 25.7 Å². The van der Waals surface area contributed by atoms with E-state index < -0.39 is 0 Å². The summed E-state index contributed by atoms with van der Waals surface area (Å²) in [6.45, 7) is 1.34. The van der Waals surface area contributed by atoms with Crippen molar-refractivity contribution in [1.29, 1.82) is 0 Å². The summed E-state index contributed by atoms with van der Waals surface area (Å²) in [4.78, 5) is 31.4. The molecule has 1 aromatic heterocycles. The molecule has 2 aromatic rings. The van der Waals surface area contributed by atoms with Crippen molar-refractivity contribution in [1.82, 2.24) is 15.2 Å². The number of nitrogens with zero attached hydrogens (tertiary/aromatic N) is 2. The molecule has 2 fully saturated rings. The van der Waals surface area contributed by atoms with Gasteiger partial charge >= 0.3 is 0 Å². The van der Waals surface area contributed by atoms with Crippen LogP contribution in [-0.2, 0) is 9.59 Å². The largest absolute Gasteiger partial charge is 0.343 e. The lowest BCUT2D eigenvalue weighted by Crippen LogP contribution is -2.36. The Morgan fingerprint density at radius 2 is 1.92 bits per heavy atom. The minimum atomic E-state index is -0.308. The Hall–Kier alpha value is -2.69. The summed E-state index contributed by atoms with van der Waals surface area (Å²) in [7, 11) is 0. The lowest BCUT2D eigenvalue weighted by molar-refractivity contribution is -0.129. The Morgan fingerprint density at radius 1 is 1.15 bits per heavy atom. The van der Waals surface area contributed by atoms with Gasteiger partial charge < -0.3 is 10.2 Å². The molecular formula is C21H23N3O2. The van der Waals surface area contributed by atoms with Crippen LogP contribution in [0.15, 0.2) is 54.7 Å². The summed E-state index contributed by atoms with van der Waals surface area (Å²) < 4.78 is 0. The number of pyridine rings is 1. The lowest BCUT2D eigenvalue weighted by Gasteiger charge is -2.21. The van der Waals surface area contributed by atoms with E-state index in [1.165, 1.54) is 12.8 Å². The van der Waals surface area contributed by atoms with E-state index in [1.54, 1.807) is 6.20 Å². The van der Waals surface area contributed by atoms with Crippen molar-refractivity contribution in [3.05, 3.63) is 66.0 Å². The van der Waals surface area contributed by atoms with E-state index in [2.05, 4.69) is 10.3 Å². The van der Waals surface area contributed by atoms with Gasteiger partial charge in [-0.3, -0.25) is 14.6 Å². The molecular weight excluding hydrogens is 326 g/mol. The van der Waals surface area contributed by atoms with Gasteiger partial charge in [0.1, 0.15) is 0 Å². The van der Waals surface area contributed by atoms with Gasteiger partial charge in [0.05, 0.1) is 17.7 Å². The maximum Gasteiger partial charge on any atom is 0.226 e. The number of carbonyl (C=O) groups is 2. The van der Waals surface area contributed by atoms with Gasteiger partial charge in [-0.15, -0.1) is 0 Å². The highest BCUT2D eigenvalue weighted by Gasteiger charge is 2.37. The van der Waals surface area contributed by atoms with Crippen LogP contribution in [0.25, 0.3) is 0 Å². The van der Waals surface area contributed by atoms with Gasteiger partial charge in [-0.1, -0.05) is 36.4 Å². The van der Waals surface area contributed by atoms with E-state index in [-0.39, 0.29) is 23.8 Å². The smallest absolute Gasteiger partial charge is 0.226 e. The average Bonchev–Trinajstić information content (AvgIpc) is 3.42. The molecule has 2 aliphatic rings. The van der Waals surface area contributed by atoms with Gasteiger partial charge in [0.2, 0.25) is 11.8 Å². The SMILES string of the molecule is O=C(N[C@H](c1ccccc1)c1ccccn1)[C@@H]1CC(=O)N(CC2CC2)C1. The number of benzene rings is 1. The first-order valence-corrected chi connectivity index (χ1v) is 9.24. The summed E-state index contributed by atoms with van der Waals surface area (Å²) in [5.41, 5.74) is 1.78. The molecule has 134 valence electrons. The topological polar surface area (TPSA) is 62.3 Å². The molecule has 1 saturated heterocycles. The zero-order valence-electron chi connectivity index (χ0n) is 14.7. The van der Waals surface area contributed by atoms with E-state index in [4.69, 9.17) is 0 Å². The Balaban J connectivity index is 1.49. The highest BCUT2D eigenvalue weighted by molar-refractivity contribution is 5.89. The number of aromatic nitrogens is 1. The Kier molecular flexibility index (Phi) is 4.69. The molecule has 1 aliphatic heterocycles. The molecule has 0 unspecified atom stereocenters. The quantitative estimate of drug-likeness (QED) is 0.872. The fraction of sp³-hybridized carbons (Fsp3) is 0.381. The number of likely N-dealkylation sites (tertiary alicyclic amines) is 1. The van der Waals surface area contributed by atoms with Crippen molar-refractivity contribution in [2.24, 2.45) is 11.8 Å². The molecule has 5 nitrogen and oxygen atoms in total. The summed E-state index contributed by atoms with van der Waals surface area (Å²) >= 11 is 0. The molecule has 1 aromatic carbocycles. The highest BCUT2D eigenvalue weighted by atomic mass is 16.2. The maximum absolute atomic E-state index is 12.9. The standard InChI is InChI=1S/C21H23N3O2/c25-19-12-17(14-24(19)13-15-9-10-15)21(26)23-20(16-6-2-1-3-7-16)18-8-4-5-11-22-18/h1-8,11,15,17,20H,9-10,12-14H2,(H,23,26)/t17-,20-/m1/s1. The van der Waals surface area contributed by atoms with E-state index in [0.29, 0.717) is 18.9 Å². The Bertz CT molecular complexity index is 735. The molecule has 1 aliphatic carbocycles. The molecule has 2 atom stereocenters. The van der Waals surface area contributed by atoms with Crippen LogP contribution in [0.1, 0.15) is 36.6 Å². The average molecular weight is 349 g/mol. The van der Waals surface area contributed by atoms with Crippen molar-refractivity contribution in [3.63, 3.8) is 0 Å². The number of carbonyl (C=O) groups excluding carboxylic acids is 2. The Morgan fingerprint density at radius 3 is 2.62 bits per heavy atom. The molecule has 26 heavy (non-hydrogen) atoms. The van der Waals surface area contributed by atoms with E-state index in [1.807, 2.05) is 53.4 Å². The van der Waals surface area contributed by atoms with Crippen LogP contribution in [0.2, 0.25) is 0 Å². The van der Waals surface area contributed by atoms with Crippen LogP contribution >= 0.6 is 0 Å². The molecule has 5 heteroatoms. The zero-order chi connectivity index (χ0) is 17.9. The summed E-state index contributed by atoms with van der Waals surface area (Å²) in [5.74, 6) is 0.393. The third-order valence-electron chi connectivity index (χ3n) is 5.16. The normalized spacial score (nSPS) is 20.8. The third kappa shape index (κ3) is 3.77. The molecule has 4 rings (SSSR count). The molecule has 2 amide bonds. The minimum Gasteiger partial charge on any atom is -0.343 e. The second-order valence-corrected chi connectivity index (χ2v) is 7.25. The highest BCUT2D eigenvalue weighted by Crippen LogP contribution is 2.32. The van der Waals surface area contributed by atoms with Gasteiger partial charge in [0.15, 0.2) is 0 Å². The minimum absolute atomic E-state index is 0.0730. The second kappa shape index (κ2) is 7.28. The second-order valence-electron chi connectivity index (χ2n) is 7.25. The van der Waals surface area contributed by atoms with E-state index in [9.17, 15) is 9.59 Å². The van der Waals surface area contributed by atoms with Gasteiger partial charge in [-0.05, 0) is 36.5 Å². The maximum atomic E-state index is 12.9. The molecule has 0 radical (unpaired) electrons. The van der Waals surface area contributed by atoms with Crippen molar-refractivity contribution in [2.45, 2.75) is 25.3 Å². The fourth-order valence-corrected chi connectivity index (χ4v) is 3.52. The van der Waals surface area contributed by atoms with Crippen LogP contribution in [0, 0.1) is 11.8 Å². The number of hydrogen-bond acceptors (Lipinski definition) is 3. The molecule has 1 saturated carbocycles. The number of hydrogen-bond donors (Lipinski definition) is 1. The zero-order valence-corrected chi connectivity index (χ0v) is 14.7. The van der Waals surface area contributed by atoms with Crippen molar-refractivity contribution in [2.75, 3.05) is 13.1 Å². The van der Waals surface area contributed by atoms with Crippen molar-refractivity contribution < 1.29 is 9.59 Å². The molecule has 1 N–H and O–H groups in total. The van der Waals surface area contributed by atoms with Gasteiger partial charge in [0.25, 0.3) is 0 Å². The van der Waals surface area contributed by atoms with Crippen LogP contribution in [0.3, 0.4) is 0 Å². The summed E-state index contributed by atoms with van der Waals surface area (Å²) in [6.07, 6.45) is 4.45. The van der Waals surface area contributed by atoms with Gasteiger partial charge in [-0.2, -0.15) is 0 Å². The first-order chi connectivity index (χ1) is 12.7. The number of nitrogens with one attached hydrogen (secondary N) is 1. The number of rotatable bonds is 6. The van der Waals surface area contributed by atoms with Crippen molar-refractivity contribution in [3.8, 4) is 0 Å². The predicted octanol–water partition coefficient (Wildman–Crippen LogP) is 2.55.